The molecule has 2 unspecified atom stereocenters. The van der Waals surface area contributed by atoms with Gasteiger partial charge >= 0.3 is 11.9 Å². The van der Waals surface area contributed by atoms with Crippen LogP contribution in [-0.2, 0) is 33.3 Å². The number of carbonyl (C=O) groups is 3. The first-order valence-corrected chi connectivity index (χ1v) is 21.6. The molecular weight excluding hydrogens is 682 g/mol. The van der Waals surface area contributed by atoms with Crippen LogP contribution in [-0.4, -0.2) is 82.3 Å². The third-order valence-electron chi connectivity index (χ3n) is 9.11. The highest BCUT2D eigenvalue weighted by molar-refractivity contribution is 5.70. The van der Waals surface area contributed by atoms with Gasteiger partial charge in [0.1, 0.15) is 13.2 Å². The van der Waals surface area contributed by atoms with Crippen molar-refractivity contribution < 1.29 is 42.9 Å². The third kappa shape index (κ3) is 37.8. The number of hydrogen-bond donors (Lipinski definition) is 0. The smallest absolute Gasteiger partial charge is 0.306 e. The molecule has 0 aromatic rings. The van der Waals surface area contributed by atoms with Gasteiger partial charge in [-0.3, -0.25) is 9.59 Å². The molecule has 0 aromatic carbocycles. The summed E-state index contributed by atoms with van der Waals surface area (Å²) < 4.78 is 22.5. The van der Waals surface area contributed by atoms with Gasteiger partial charge in [0.25, 0.3) is 0 Å². The van der Waals surface area contributed by atoms with E-state index < -0.39 is 24.3 Å². The minimum absolute atomic E-state index is 0.143. The van der Waals surface area contributed by atoms with E-state index in [1.54, 1.807) is 0 Å². The van der Waals surface area contributed by atoms with Crippen molar-refractivity contribution in [2.75, 3.05) is 47.5 Å². The van der Waals surface area contributed by atoms with E-state index in [-0.39, 0.29) is 38.6 Å². The SMILES string of the molecule is CCCCCC/C=C\C/C=C\CCCCCCCC(=O)OC(COC(=O)CCCCCCC/C=C\CCCCCC)COC(OCC[N+](C)(C)C)C(=O)[O-]. The van der Waals surface area contributed by atoms with Gasteiger partial charge in [0.2, 0.25) is 0 Å². The van der Waals surface area contributed by atoms with E-state index in [0.717, 1.165) is 77.0 Å². The average Bonchev–Trinajstić information content (AvgIpc) is 3.12. The Morgan fingerprint density at radius 2 is 1.00 bits per heavy atom. The summed E-state index contributed by atoms with van der Waals surface area (Å²) in [6.07, 6.45) is 37.4. The van der Waals surface area contributed by atoms with Crippen molar-refractivity contribution in [1.82, 2.24) is 0 Å². The van der Waals surface area contributed by atoms with E-state index in [9.17, 15) is 19.5 Å². The summed E-state index contributed by atoms with van der Waals surface area (Å²) >= 11 is 0. The Labute approximate surface area is 330 Å². The Kier molecular flexibility index (Phi) is 35.7. The second-order valence-corrected chi connectivity index (χ2v) is 15.6. The zero-order valence-electron chi connectivity index (χ0n) is 35.3. The summed E-state index contributed by atoms with van der Waals surface area (Å²) in [5, 5.41) is 11.7. The van der Waals surface area contributed by atoms with Crippen molar-refractivity contribution in [3.63, 3.8) is 0 Å². The lowest BCUT2D eigenvalue weighted by Crippen LogP contribution is -2.44. The maximum absolute atomic E-state index is 12.7. The van der Waals surface area contributed by atoms with Gasteiger partial charge in [-0.2, -0.15) is 0 Å². The van der Waals surface area contributed by atoms with Crippen LogP contribution in [0.15, 0.2) is 36.5 Å². The molecule has 0 rings (SSSR count). The predicted octanol–water partition coefficient (Wildman–Crippen LogP) is 9.72. The molecule has 0 radical (unpaired) electrons. The van der Waals surface area contributed by atoms with Crippen LogP contribution in [0.5, 0.6) is 0 Å². The van der Waals surface area contributed by atoms with Gasteiger partial charge in [0.05, 0.1) is 40.3 Å². The number of allylic oxidation sites excluding steroid dienone is 6. The van der Waals surface area contributed by atoms with E-state index in [4.69, 9.17) is 18.9 Å². The van der Waals surface area contributed by atoms with Gasteiger partial charge < -0.3 is 33.3 Å². The van der Waals surface area contributed by atoms with Crippen molar-refractivity contribution in [3.05, 3.63) is 36.5 Å². The van der Waals surface area contributed by atoms with Gasteiger partial charge in [0.15, 0.2) is 12.4 Å². The summed E-state index contributed by atoms with van der Waals surface area (Å²) in [4.78, 5) is 36.9. The number of quaternary nitrogens is 1. The van der Waals surface area contributed by atoms with Crippen molar-refractivity contribution in [2.24, 2.45) is 0 Å². The topological polar surface area (TPSA) is 111 Å². The maximum Gasteiger partial charge on any atom is 0.306 e. The highest BCUT2D eigenvalue weighted by Crippen LogP contribution is 2.12. The number of hydrogen-bond acceptors (Lipinski definition) is 8. The van der Waals surface area contributed by atoms with Crippen LogP contribution in [0, 0.1) is 0 Å². The number of unbranched alkanes of at least 4 members (excludes halogenated alkanes) is 18. The number of nitrogens with zero attached hydrogens (tertiary/aromatic N) is 1. The monoisotopic (exact) mass is 764 g/mol. The molecule has 9 heteroatoms. The number of ether oxygens (including phenoxy) is 4. The Bertz CT molecular complexity index is 987. The Balaban J connectivity index is 4.51. The van der Waals surface area contributed by atoms with E-state index in [2.05, 4.69) is 50.3 Å². The zero-order chi connectivity index (χ0) is 40.0. The molecule has 9 nitrogen and oxygen atoms in total. The molecular formula is C45H81NO8. The molecule has 0 amide bonds. The van der Waals surface area contributed by atoms with E-state index >= 15 is 0 Å². The lowest BCUT2D eigenvalue weighted by Gasteiger charge is -2.26. The molecule has 0 spiro atoms. The van der Waals surface area contributed by atoms with Gasteiger partial charge in [-0.15, -0.1) is 0 Å². The standard InChI is InChI=1S/C45H81NO8/c1-6-8-10-12-14-16-18-20-21-22-24-26-28-30-32-34-36-43(48)54-41(40-53-45(44(49)50)51-38-37-46(3,4)5)39-52-42(47)35-33-31-29-27-25-23-19-17-15-13-11-9-7-2/h16-19,21-22,41,45H,6-15,20,23-40H2,1-5H3/b18-16-,19-17-,22-21-. The fourth-order valence-electron chi connectivity index (χ4n) is 5.68. The molecule has 0 saturated heterocycles. The molecule has 0 fully saturated rings. The molecule has 0 aliphatic heterocycles. The van der Waals surface area contributed by atoms with Gasteiger partial charge in [-0.1, -0.05) is 127 Å². The van der Waals surface area contributed by atoms with Crippen LogP contribution in [0.25, 0.3) is 0 Å². The van der Waals surface area contributed by atoms with Gasteiger partial charge in [0, 0.05) is 12.8 Å². The Morgan fingerprint density at radius 3 is 1.48 bits per heavy atom. The maximum atomic E-state index is 12.7. The number of esters is 2. The summed E-state index contributed by atoms with van der Waals surface area (Å²) in [5.74, 6) is -2.32. The first kappa shape index (κ1) is 51.5. The summed E-state index contributed by atoms with van der Waals surface area (Å²) in [6, 6.07) is 0. The van der Waals surface area contributed by atoms with E-state index in [1.807, 2.05) is 21.1 Å². The summed E-state index contributed by atoms with van der Waals surface area (Å²) in [7, 11) is 5.89. The molecule has 0 bridgehead atoms. The largest absolute Gasteiger partial charge is 0.545 e. The quantitative estimate of drug-likeness (QED) is 0.0200. The zero-order valence-corrected chi connectivity index (χ0v) is 35.3. The van der Waals surface area contributed by atoms with Crippen LogP contribution >= 0.6 is 0 Å². The van der Waals surface area contributed by atoms with Crippen LogP contribution < -0.4 is 5.11 Å². The number of carboxylic acid groups (broad SMARTS) is 1. The minimum Gasteiger partial charge on any atom is -0.545 e. The molecule has 2 atom stereocenters. The third-order valence-corrected chi connectivity index (χ3v) is 9.11. The van der Waals surface area contributed by atoms with E-state index in [0.29, 0.717) is 17.4 Å². The van der Waals surface area contributed by atoms with Crippen molar-refractivity contribution in [3.8, 4) is 0 Å². The first-order chi connectivity index (χ1) is 26.1. The fourth-order valence-corrected chi connectivity index (χ4v) is 5.68. The first-order valence-electron chi connectivity index (χ1n) is 21.6. The second-order valence-electron chi connectivity index (χ2n) is 15.6. The lowest BCUT2D eigenvalue weighted by atomic mass is 10.1. The molecule has 0 aromatic heterocycles. The molecule has 0 heterocycles. The number of carbonyl (C=O) groups excluding carboxylic acids is 3. The number of carboxylic acids is 1. The minimum atomic E-state index is -1.62. The molecule has 314 valence electrons. The molecule has 0 N–H and O–H groups in total. The molecule has 0 saturated carbocycles. The molecule has 0 aliphatic carbocycles. The summed E-state index contributed by atoms with van der Waals surface area (Å²) in [6.45, 7) is 4.67. The van der Waals surface area contributed by atoms with Crippen LogP contribution in [0.1, 0.15) is 174 Å². The van der Waals surface area contributed by atoms with Gasteiger partial charge in [-0.25, -0.2) is 0 Å². The number of aliphatic carboxylic acids is 1. The number of rotatable bonds is 39. The normalized spacial score (nSPS) is 13.3. The Hall–Kier alpha value is -2.49. The highest BCUT2D eigenvalue weighted by atomic mass is 16.7. The van der Waals surface area contributed by atoms with Gasteiger partial charge in [-0.05, 0) is 70.6 Å². The van der Waals surface area contributed by atoms with Crippen LogP contribution in [0.3, 0.4) is 0 Å². The van der Waals surface area contributed by atoms with Crippen LogP contribution in [0.4, 0.5) is 0 Å². The predicted molar refractivity (Wildman–Crippen MR) is 219 cm³/mol. The molecule has 54 heavy (non-hydrogen) atoms. The van der Waals surface area contributed by atoms with Crippen molar-refractivity contribution in [1.29, 1.82) is 0 Å². The lowest BCUT2D eigenvalue weighted by molar-refractivity contribution is -0.870. The molecule has 0 aliphatic rings. The number of likely N-dealkylation sites (N-methyl/N-ethyl adjacent to an activating group) is 1. The second kappa shape index (κ2) is 37.4. The Morgan fingerprint density at radius 1 is 0.556 bits per heavy atom. The van der Waals surface area contributed by atoms with Crippen molar-refractivity contribution in [2.45, 2.75) is 187 Å². The van der Waals surface area contributed by atoms with Crippen LogP contribution in [0.2, 0.25) is 0 Å². The van der Waals surface area contributed by atoms with E-state index in [1.165, 1.54) is 64.2 Å². The fraction of sp³-hybridized carbons (Fsp3) is 0.800. The summed E-state index contributed by atoms with van der Waals surface area (Å²) in [5.41, 5.74) is 0. The average molecular weight is 764 g/mol. The van der Waals surface area contributed by atoms with Crippen molar-refractivity contribution >= 4 is 17.9 Å². The highest BCUT2D eigenvalue weighted by Gasteiger charge is 2.21.